The lowest BCUT2D eigenvalue weighted by Gasteiger charge is -2.09. The Morgan fingerprint density at radius 1 is 1.30 bits per heavy atom. The zero-order valence-electron chi connectivity index (χ0n) is 17.8. The molecule has 0 unspecified atom stereocenters. The van der Waals surface area contributed by atoms with Crippen LogP contribution in [0.25, 0.3) is 21.5 Å². The van der Waals surface area contributed by atoms with Gasteiger partial charge in [-0.05, 0) is 37.3 Å². The van der Waals surface area contributed by atoms with Gasteiger partial charge in [-0.15, -0.1) is 39.4 Å². The third kappa shape index (κ3) is 4.22. The summed E-state index contributed by atoms with van der Waals surface area (Å²) in [6.07, 6.45) is 5.96. The highest BCUT2D eigenvalue weighted by molar-refractivity contribution is 7.99. The number of rotatable bonds is 7. The number of carbonyl (C=O) groups excluding carboxylic acids is 1. The normalized spacial score (nSPS) is 12.9. The highest BCUT2D eigenvalue weighted by atomic mass is 32.2. The molecule has 3 aromatic heterocycles. The Balaban J connectivity index is 1.34. The maximum Gasteiger partial charge on any atom is 0.235 e. The number of amides is 1. The van der Waals surface area contributed by atoms with Crippen molar-refractivity contribution in [2.45, 2.75) is 37.4 Å². The summed E-state index contributed by atoms with van der Waals surface area (Å²) in [7, 11) is 0. The lowest BCUT2D eigenvalue weighted by Crippen LogP contribution is -2.14. The van der Waals surface area contributed by atoms with Crippen LogP contribution in [-0.4, -0.2) is 26.4 Å². The van der Waals surface area contributed by atoms with Gasteiger partial charge in [-0.25, -0.2) is 0 Å². The van der Waals surface area contributed by atoms with Gasteiger partial charge >= 0.3 is 0 Å². The number of allylic oxidation sites excluding steroid dienone is 1. The van der Waals surface area contributed by atoms with Crippen LogP contribution in [-0.2, 0) is 24.2 Å². The predicted octanol–water partition coefficient (Wildman–Crippen LogP) is 5.89. The molecule has 9 heteroatoms. The molecular formula is C24H21N5OS3. The number of aryl methyl sites for hydroxylation is 1. The number of nitrogens with one attached hydrogen (secondary N) is 1. The van der Waals surface area contributed by atoms with Gasteiger partial charge < -0.3 is 5.32 Å². The van der Waals surface area contributed by atoms with E-state index in [0.29, 0.717) is 22.3 Å². The molecular weight excluding hydrogens is 470 g/mol. The van der Waals surface area contributed by atoms with Crippen LogP contribution in [0.4, 0.5) is 5.00 Å². The van der Waals surface area contributed by atoms with Crippen molar-refractivity contribution in [3.8, 4) is 17.5 Å². The van der Waals surface area contributed by atoms with Crippen molar-refractivity contribution in [2.24, 2.45) is 0 Å². The van der Waals surface area contributed by atoms with Crippen LogP contribution in [0.2, 0.25) is 0 Å². The Kier molecular flexibility index (Phi) is 6.31. The average Bonchev–Trinajstić information content (AvgIpc) is 3.52. The molecule has 166 valence electrons. The van der Waals surface area contributed by atoms with Crippen molar-refractivity contribution < 1.29 is 4.79 Å². The van der Waals surface area contributed by atoms with Gasteiger partial charge in [0.1, 0.15) is 11.1 Å². The lowest BCUT2D eigenvalue weighted by molar-refractivity contribution is -0.113. The summed E-state index contributed by atoms with van der Waals surface area (Å²) < 4.78 is 3.19. The molecule has 1 aromatic carbocycles. The second-order valence-electron chi connectivity index (χ2n) is 7.71. The Bertz CT molecular complexity index is 1390. The van der Waals surface area contributed by atoms with E-state index in [-0.39, 0.29) is 11.7 Å². The van der Waals surface area contributed by atoms with E-state index >= 15 is 0 Å². The molecule has 0 radical (unpaired) electrons. The highest BCUT2D eigenvalue weighted by Crippen LogP contribution is 2.38. The molecule has 1 aliphatic rings. The number of thioether (sulfide) groups is 1. The maximum atomic E-state index is 12.7. The molecule has 0 fully saturated rings. The summed E-state index contributed by atoms with van der Waals surface area (Å²) in [5.74, 6) is 0.811. The van der Waals surface area contributed by atoms with Gasteiger partial charge in [0.15, 0.2) is 11.0 Å². The molecule has 6 nitrogen and oxygen atoms in total. The number of nitriles is 1. The third-order valence-electron chi connectivity index (χ3n) is 5.62. The topological polar surface area (TPSA) is 83.6 Å². The van der Waals surface area contributed by atoms with Gasteiger partial charge in [-0.1, -0.05) is 36.0 Å². The molecule has 0 atom stereocenters. The van der Waals surface area contributed by atoms with Crippen molar-refractivity contribution in [3.63, 3.8) is 0 Å². The van der Waals surface area contributed by atoms with Crippen molar-refractivity contribution in [1.29, 1.82) is 5.26 Å². The summed E-state index contributed by atoms with van der Waals surface area (Å²) in [5.41, 5.74) is 2.79. The van der Waals surface area contributed by atoms with Crippen LogP contribution in [0.3, 0.4) is 0 Å². The fourth-order valence-corrected chi connectivity index (χ4v) is 7.05. The van der Waals surface area contributed by atoms with Gasteiger partial charge in [0.25, 0.3) is 0 Å². The van der Waals surface area contributed by atoms with Crippen LogP contribution < -0.4 is 5.32 Å². The number of carbonyl (C=O) groups is 1. The van der Waals surface area contributed by atoms with Gasteiger partial charge in [0, 0.05) is 32.5 Å². The fraction of sp³-hybridized carbons (Fsp3) is 0.250. The lowest BCUT2D eigenvalue weighted by atomic mass is 9.96. The minimum absolute atomic E-state index is 0.147. The summed E-state index contributed by atoms with van der Waals surface area (Å²) >= 11 is 4.56. The van der Waals surface area contributed by atoms with Crippen molar-refractivity contribution in [2.75, 3.05) is 11.1 Å². The molecule has 0 spiro atoms. The Labute approximate surface area is 204 Å². The quantitative estimate of drug-likeness (QED) is 0.257. The number of hydrogen-bond donors (Lipinski definition) is 1. The summed E-state index contributed by atoms with van der Waals surface area (Å²) in [4.78, 5) is 14.0. The van der Waals surface area contributed by atoms with Crippen molar-refractivity contribution >= 4 is 55.4 Å². The molecule has 0 aliphatic heterocycles. The van der Waals surface area contributed by atoms with Crippen LogP contribution in [0.5, 0.6) is 0 Å². The molecule has 0 saturated heterocycles. The van der Waals surface area contributed by atoms with Gasteiger partial charge in [-0.2, -0.15) is 5.26 Å². The first-order valence-electron chi connectivity index (χ1n) is 10.7. The minimum Gasteiger partial charge on any atom is -0.316 e. The van der Waals surface area contributed by atoms with Crippen LogP contribution in [0.1, 0.15) is 28.8 Å². The SMILES string of the molecule is C=CCn1c(SCC(=O)Nc2sc3c(c2C#N)CCCC3)nnc1-c1csc2ccccc12. The van der Waals surface area contributed by atoms with Gasteiger partial charge in [-0.3, -0.25) is 9.36 Å². The van der Waals surface area contributed by atoms with Crippen molar-refractivity contribution in [3.05, 3.63) is 58.3 Å². The minimum atomic E-state index is -0.147. The number of benzene rings is 1. The number of nitrogens with zero attached hydrogens (tertiary/aromatic N) is 4. The zero-order valence-corrected chi connectivity index (χ0v) is 20.3. The Morgan fingerprint density at radius 3 is 3.00 bits per heavy atom. The first-order valence-corrected chi connectivity index (χ1v) is 13.4. The summed E-state index contributed by atoms with van der Waals surface area (Å²) in [6, 6.07) is 10.5. The van der Waals surface area contributed by atoms with Crippen molar-refractivity contribution in [1.82, 2.24) is 14.8 Å². The molecule has 33 heavy (non-hydrogen) atoms. The zero-order chi connectivity index (χ0) is 22.8. The second kappa shape index (κ2) is 9.51. The first-order chi connectivity index (χ1) is 16.2. The maximum absolute atomic E-state index is 12.7. The smallest absolute Gasteiger partial charge is 0.235 e. The largest absolute Gasteiger partial charge is 0.316 e. The standard InChI is InChI=1S/C24H21N5OS3/c1-2-11-29-22(18-13-31-19-9-5-3-8-16(18)19)27-28-24(29)32-14-21(30)26-23-17(12-25)15-7-4-6-10-20(15)33-23/h2-3,5,8-9,13H,1,4,6-7,10-11,14H2,(H,26,30). The number of hydrogen-bond acceptors (Lipinski definition) is 7. The molecule has 4 aromatic rings. The first kappa shape index (κ1) is 21.9. The fourth-order valence-electron chi connectivity index (χ4n) is 4.10. The van der Waals surface area contributed by atoms with Crippen LogP contribution in [0.15, 0.2) is 47.5 Å². The van der Waals surface area contributed by atoms with Crippen LogP contribution >= 0.6 is 34.4 Å². The van der Waals surface area contributed by atoms with E-state index in [2.05, 4.69) is 45.7 Å². The van der Waals surface area contributed by atoms with E-state index in [9.17, 15) is 10.1 Å². The van der Waals surface area contributed by atoms with E-state index in [4.69, 9.17) is 0 Å². The summed E-state index contributed by atoms with van der Waals surface area (Å²) in [5, 5.41) is 26.0. The number of thiophene rings is 2. The molecule has 5 rings (SSSR count). The van der Waals surface area contributed by atoms with Crippen LogP contribution in [0, 0.1) is 11.3 Å². The third-order valence-corrected chi connectivity index (χ3v) is 8.76. The van der Waals surface area contributed by atoms with Gasteiger partial charge in [0.05, 0.1) is 11.3 Å². The molecule has 0 saturated carbocycles. The highest BCUT2D eigenvalue weighted by Gasteiger charge is 2.22. The van der Waals surface area contributed by atoms with E-state index < -0.39 is 0 Å². The molecule has 1 N–H and O–H groups in total. The van der Waals surface area contributed by atoms with E-state index in [1.54, 1.807) is 28.7 Å². The number of fused-ring (bicyclic) bond motifs is 2. The van der Waals surface area contributed by atoms with E-state index in [0.717, 1.165) is 48.0 Å². The number of aromatic nitrogens is 3. The Morgan fingerprint density at radius 2 is 2.15 bits per heavy atom. The van der Waals surface area contributed by atoms with E-state index in [1.165, 1.54) is 21.3 Å². The predicted molar refractivity (Wildman–Crippen MR) is 136 cm³/mol. The molecule has 1 amide bonds. The Hall–Kier alpha value is -2.93. The molecule has 3 heterocycles. The summed E-state index contributed by atoms with van der Waals surface area (Å²) in [6.45, 7) is 4.42. The number of anilines is 1. The van der Waals surface area contributed by atoms with Gasteiger partial charge in [0.2, 0.25) is 5.91 Å². The molecule has 1 aliphatic carbocycles. The monoisotopic (exact) mass is 491 g/mol. The molecule has 0 bridgehead atoms. The average molecular weight is 492 g/mol. The van der Waals surface area contributed by atoms with E-state index in [1.807, 2.05) is 16.7 Å². The second-order valence-corrected chi connectivity index (χ2v) is 10.7.